The molecule has 3 heterocycles. The number of hydrogen-bond acceptors (Lipinski definition) is 2. The summed E-state index contributed by atoms with van der Waals surface area (Å²) in [5.74, 6) is 0. The molecule has 2 aromatic carbocycles. The zero-order chi connectivity index (χ0) is 14.5. The lowest BCUT2D eigenvalue weighted by molar-refractivity contribution is 0.985. The highest BCUT2D eigenvalue weighted by Gasteiger charge is 2.25. The van der Waals surface area contributed by atoms with Crippen LogP contribution in [-0.4, -0.2) is 11.5 Å². The number of nitrogens with one attached hydrogen (secondary N) is 2. The van der Waals surface area contributed by atoms with Crippen LogP contribution in [0.15, 0.2) is 70.6 Å². The van der Waals surface area contributed by atoms with Crippen molar-refractivity contribution < 1.29 is 0 Å². The molecule has 5 rings (SSSR count). The predicted octanol–water partition coefficient (Wildman–Crippen LogP) is 4.77. The fraction of sp³-hybridized carbons (Fsp3) is 0.0526. The van der Waals surface area contributed by atoms with Gasteiger partial charge in [-0.05, 0) is 30.0 Å². The Morgan fingerprint density at radius 1 is 0.955 bits per heavy atom. The van der Waals surface area contributed by atoms with Crippen molar-refractivity contribution in [1.29, 1.82) is 0 Å². The number of aromatic nitrogens is 1. The van der Waals surface area contributed by atoms with E-state index in [9.17, 15) is 0 Å². The Kier molecular flexibility index (Phi) is 2.52. The van der Waals surface area contributed by atoms with Crippen molar-refractivity contribution >= 4 is 28.2 Å². The number of fused-ring (bicyclic) bond motifs is 6. The third-order valence-corrected chi connectivity index (χ3v) is 5.49. The van der Waals surface area contributed by atoms with Crippen LogP contribution >= 0.6 is 11.8 Å². The second-order valence-electron chi connectivity index (χ2n) is 5.58. The van der Waals surface area contributed by atoms with Crippen molar-refractivity contribution in [3.05, 3.63) is 71.3 Å². The molecule has 2 nitrogen and oxygen atoms in total. The van der Waals surface area contributed by atoms with Gasteiger partial charge in [-0.15, -0.1) is 0 Å². The molecule has 0 saturated carbocycles. The predicted molar refractivity (Wildman–Crippen MR) is 93.7 cm³/mol. The summed E-state index contributed by atoms with van der Waals surface area (Å²) < 4.78 is 0. The number of thioether (sulfide) groups is 1. The summed E-state index contributed by atoms with van der Waals surface area (Å²) in [5, 5.41) is 4.67. The highest BCUT2D eigenvalue weighted by molar-refractivity contribution is 8.03. The van der Waals surface area contributed by atoms with Crippen LogP contribution in [0.25, 0.3) is 27.7 Å². The molecule has 2 aliphatic heterocycles. The first-order valence-electron chi connectivity index (χ1n) is 7.43. The van der Waals surface area contributed by atoms with Crippen molar-refractivity contribution in [3.63, 3.8) is 0 Å². The van der Waals surface area contributed by atoms with E-state index in [1.165, 1.54) is 43.1 Å². The van der Waals surface area contributed by atoms with Crippen LogP contribution in [0.1, 0.15) is 5.56 Å². The van der Waals surface area contributed by atoms with E-state index in [2.05, 4.69) is 64.9 Å². The molecule has 1 aromatic heterocycles. The number of hydrogen-bond donors (Lipinski definition) is 2. The van der Waals surface area contributed by atoms with E-state index in [1.807, 2.05) is 18.0 Å². The summed E-state index contributed by atoms with van der Waals surface area (Å²) in [6.45, 7) is 0.877. The molecule has 3 heteroatoms. The van der Waals surface area contributed by atoms with E-state index < -0.39 is 0 Å². The number of para-hydroxylation sites is 1. The summed E-state index contributed by atoms with van der Waals surface area (Å²) in [6, 6.07) is 17.2. The second kappa shape index (κ2) is 4.55. The summed E-state index contributed by atoms with van der Waals surface area (Å²) in [7, 11) is 0. The Morgan fingerprint density at radius 3 is 2.82 bits per heavy atom. The molecular weight excluding hydrogens is 288 g/mol. The first kappa shape index (κ1) is 12.2. The van der Waals surface area contributed by atoms with E-state index in [0.29, 0.717) is 0 Å². The molecule has 0 atom stereocenters. The van der Waals surface area contributed by atoms with Gasteiger partial charge in [-0.2, -0.15) is 0 Å². The van der Waals surface area contributed by atoms with Gasteiger partial charge in [-0.1, -0.05) is 48.2 Å². The quantitative estimate of drug-likeness (QED) is 0.626. The Balaban J connectivity index is 1.95. The zero-order valence-corrected chi connectivity index (χ0v) is 12.7. The molecule has 106 valence electrons. The van der Waals surface area contributed by atoms with Gasteiger partial charge in [0.25, 0.3) is 0 Å². The molecule has 0 aliphatic carbocycles. The van der Waals surface area contributed by atoms with Gasteiger partial charge in [-0.25, -0.2) is 0 Å². The lowest BCUT2D eigenvalue weighted by Gasteiger charge is -2.15. The molecule has 0 fully saturated rings. The minimum Gasteiger partial charge on any atom is -0.387 e. The monoisotopic (exact) mass is 302 g/mol. The second-order valence-corrected chi connectivity index (χ2v) is 6.66. The SMILES string of the molecule is C1=CC2=C(CN1)c1c([nH]c3ccccc13)-c1ccccc1S2. The first-order valence-corrected chi connectivity index (χ1v) is 8.25. The molecule has 2 aliphatic rings. The summed E-state index contributed by atoms with van der Waals surface area (Å²) in [4.78, 5) is 6.30. The van der Waals surface area contributed by atoms with E-state index in [4.69, 9.17) is 0 Å². The smallest absolute Gasteiger partial charge is 0.0553 e. The molecular formula is C19H14N2S. The molecule has 2 N–H and O–H groups in total. The Labute approximate surface area is 132 Å². The van der Waals surface area contributed by atoms with Crippen LogP contribution in [0, 0.1) is 0 Å². The number of aromatic amines is 1. The summed E-state index contributed by atoms with van der Waals surface area (Å²) in [5.41, 5.74) is 6.47. The number of H-pyrrole nitrogens is 1. The van der Waals surface area contributed by atoms with Crippen LogP contribution in [0.2, 0.25) is 0 Å². The average Bonchev–Trinajstić information content (AvgIpc) is 2.89. The number of allylic oxidation sites excluding steroid dienone is 1. The third kappa shape index (κ3) is 1.63. The Hall–Kier alpha value is -2.39. The molecule has 0 radical (unpaired) electrons. The van der Waals surface area contributed by atoms with Gasteiger partial charge in [0.15, 0.2) is 0 Å². The largest absolute Gasteiger partial charge is 0.387 e. The maximum Gasteiger partial charge on any atom is 0.0553 e. The average molecular weight is 302 g/mol. The Bertz CT molecular complexity index is 962. The number of dihydropyridines is 1. The van der Waals surface area contributed by atoms with E-state index in [1.54, 1.807) is 0 Å². The Morgan fingerprint density at radius 2 is 1.82 bits per heavy atom. The molecule has 3 aromatic rings. The van der Waals surface area contributed by atoms with Crippen molar-refractivity contribution in [2.45, 2.75) is 4.90 Å². The fourth-order valence-electron chi connectivity index (χ4n) is 3.33. The van der Waals surface area contributed by atoms with Crippen molar-refractivity contribution in [2.75, 3.05) is 6.54 Å². The molecule has 0 amide bonds. The molecule has 0 unspecified atom stereocenters. The molecule has 0 spiro atoms. The first-order chi connectivity index (χ1) is 10.9. The lowest BCUT2D eigenvalue weighted by Crippen LogP contribution is -2.13. The van der Waals surface area contributed by atoms with Gasteiger partial charge >= 0.3 is 0 Å². The molecule has 0 saturated heterocycles. The minimum absolute atomic E-state index is 0.877. The van der Waals surface area contributed by atoms with Crippen LogP contribution in [-0.2, 0) is 0 Å². The van der Waals surface area contributed by atoms with Crippen LogP contribution < -0.4 is 5.32 Å². The molecule has 22 heavy (non-hydrogen) atoms. The van der Waals surface area contributed by atoms with Gasteiger partial charge in [0, 0.05) is 38.4 Å². The van der Waals surface area contributed by atoms with Crippen LogP contribution in [0.5, 0.6) is 0 Å². The molecule has 0 bridgehead atoms. The van der Waals surface area contributed by atoms with Crippen molar-refractivity contribution in [2.24, 2.45) is 0 Å². The van der Waals surface area contributed by atoms with Gasteiger partial charge in [0.05, 0.1) is 5.69 Å². The summed E-state index contributed by atoms with van der Waals surface area (Å²) in [6.07, 6.45) is 4.24. The normalized spacial score (nSPS) is 15.8. The van der Waals surface area contributed by atoms with Crippen molar-refractivity contribution in [3.8, 4) is 11.3 Å². The zero-order valence-electron chi connectivity index (χ0n) is 11.9. The van der Waals surface area contributed by atoms with Crippen LogP contribution in [0.4, 0.5) is 0 Å². The highest BCUT2D eigenvalue weighted by atomic mass is 32.2. The number of rotatable bonds is 0. The highest BCUT2D eigenvalue weighted by Crippen LogP contribution is 2.48. The number of benzene rings is 2. The van der Waals surface area contributed by atoms with E-state index >= 15 is 0 Å². The van der Waals surface area contributed by atoms with Crippen molar-refractivity contribution in [1.82, 2.24) is 10.3 Å². The van der Waals surface area contributed by atoms with Gasteiger partial charge in [0.2, 0.25) is 0 Å². The standard InChI is InChI=1S/C19H14N2S/c1-3-7-15-12(5-1)18-14-11-20-10-9-17(14)22-16-8-4-2-6-13(16)19(18)21-15/h1-10,20-21H,11H2. The lowest BCUT2D eigenvalue weighted by atomic mass is 9.97. The summed E-state index contributed by atoms with van der Waals surface area (Å²) >= 11 is 1.86. The minimum atomic E-state index is 0.877. The van der Waals surface area contributed by atoms with Gasteiger partial charge in [-0.3, -0.25) is 0 Å². The van der Waals surface area contributed by atoms with E-state index in [0.717, 1.165) is 6.54 Å². The van der Waals surface area contributed by atoms with Crippen LogP contribution in [0.3, 0.4) is 0 Å². The fourth-order valence-corrected chi connectivity index (χ4v) is 4.43. The third-order valence-electron chi connectivity index (χ3n) is 4.31. The maximum absolute atomic E-state index is 3.65. The van der Waals surface area contributed by atoms with E-state index in [-0.39, 0.29) is 0 Å². The topological polar surface area (TPSA) is 27.8 Å². The van der Waals surface area contributed by atoms with Gasteiger partial charge < -0.3 is 10.3 Å². The van der Waals surface area contributed by atoms with Gasteiger partial charge in [0.1, 0.15) is 0 Å². The maximum atomic E-state index is 3.65.